The number of nitriles is 1. The van der Waals surface area contributed by atoms with Crippen LogP contribution >= 0.6 is 11.8 Å². The first-order valence-electron chi connectivity index (χ1n) is 8.96. The van der Waals surface area contributed by atoms with Crippen LogP contribution in [0.2, 0.25) is 0 Å². The summed E-state index contributed by atoms with van der Waals surface area (Å²) in [6, 6.07) is 12.9. The lowest BCUT2D eigenvalue weighted by atomic mass is 10.1. The summed E-state index contributed by atoms with van der Waals surface area (Å²) in [7, 11) is 0. The molecule has 0 saturated carbocycles. The molecule has 0 saturated heterocycles. The fourth-order valence-corrected chi connectivity index (χ4v) is 3.70. The summed E-state index contributed by atoms with van der Waals surface area (Å²) in [6.07, 6.45) is 0. The first-order valence-corrected chi connectivity index (χ1v) is 9.95. The van der Waals surface area contributed by atoms with Crippen LogP contribution in [0.25, 0.3) is 5.69 Å². The normalized spacial score (nSPS) is 11.7. The Morgan fingerprint density at radius 1 is 1.24 bits per heavy atom. The highest BCUT2D eigenvalue weighted by Gasteiger charge is 2.19. The van der Waals surface area contributed by atoms with Crippen molar-refractivity contribution in [3.63, 3.8) is 0 Å². The minimum atomic E-state index is -1.05. The van der Waals surface area contributed by atoms with Crippen molar-refractivity contribution < 1.29 is 9.18 Å². The largest absolute Gasteiger partial charge is 0.336 e. The molecule has 0 fully saturated rings. The minimum absolute atomic E-state index is 0.0234. The third kappa shape index (κ3) is 4.63. The molecule has 0 aliphatic carbocycles. The summed E-state index contributed by atoms with van der Waals surface area (Å²) in [5.41, 5.74) is 3.27. The van der Waals surface area contributed by atoms with Gasteiger partial charge in [-0.15, -0.1) is 10.2 Å². The molecule has 1 atom stereocenters. The number of amides is 1. The Bertz CT molecular complexity index is 1090. The van der Waals surface area contributed by atoms with E-state index in [0.29, 0.717) is 11.0 Å². The molecule has 1 N–H and O–H groups in total. The molecule has 0 radical (unpaired) electrons. The van der Waals surface area contributed by atoms with Gasteiger partial charge in [0.15, 0.2) is 5.16 Å². The summed E-state index contributed by atoms with van der Waals surface area (Å²) in [4.78, 5) is 12.4. The molecule has 0 bridgehead atoms. The molecule has 1 aromatic heterocycles. The van der Waals surface area contributed by atoms with Gasteiger partial charge in [-0.25, -0.2) is 4.39 Å². The Hall–Kier alpha value is -3.18. The fraction of sp³-hybridized carbons (Fsp3) is 0.238. The zero-order chi connectivity index (χ0) is 21.0. The molecule has 3 rings (SSSR count). The zero-order valence-electron chi connectivity index (χ0n) is 16.3. The molecule has 1 heterocycles. The van der Waals surface area contributed by atoms with E-state index < -0.39 is 17.8 Å². The number of rotatable bonds is 6. The van der Waals surface area contributed by atoms with Gasteiger partial charge < -0.3 is 5.32 Å². The first-order chi connectivity index (χ1) is 13.9. The summed E-state index contributed by atoms with van der Waals surface area (Å²) in [6.45, 7) is 5.86. The maximum atomic E-state index is 13.9. The molecular formula is C21H20FN5OS. The molecule has 2 aromatic carbocycles. The van der Waals surface area contributed by atoms with E-state index >= 15 is 0 Å². The predicted octanol–water partition coefficient (Wildman–Crippen LogP) is 3.80. The molecular weight excluding hydrogens is 389 g/mol. The molecule has 0 aliphatic heterocycles. The number of thioether (sulfide) groups is 1. The van der Waals surface area contributed by atoms with Crippen LogP contribution in [-0.4, -0.2) is 26.4 Å². The lowest BCUT2D eigenvalue weighted by Crippen LogP contribution is -2.29. The molecule has 1 amide bonds. The number of carbonyl (C=O) groups is 1. The second-order valence-electron chi connectivity index (χ2n) is 6.59. The average Bonchev–Trinajstić information content (AvgIpc) is 3.07. The van der Waals surface area contributed by atoms with E-state index in [9.17, 15) is 14.4 Å². The van der Waals surface area contributed by atoms with Crippen LogP contribution in [0.15, 0.2) is 47.6 Å². The van der Waals surface area contributed by atoms with Crippen LogP contribution in [0, 0.1) is 37.9 Å². The molecule has 29 heavy (non-hydrogen) atoms. The lowest BCUT2D eigenvalue weighted by molar-refractivity contribution is -0.118. The average molecular weight is 409 g/mol. The number of carbonyl (C=O) groups excluding carboxylic acids is 1. The molecule has 6 nitrogen and oxygen atoms in total. The molecule has 8 heteroatoms. The van der Waals surface area contributed by atoms with Gasteiger partial charge in [0, 0.05) is 5.56 Å². The van der Waals surface area contributed by atoms with Crippen molar-refractivity contribution in [3.05, 3.63) is 70.8 Å². The van der Waals surface area contributed by atoms with Gasteiger partial charge in [-0.3, -0.25) is 9.36 Å². The van der Waals surface area contributed by atoms with Crippen LogP contribution < -0.4 is 5.32 Å². The Kier molecular flexibility index (Phi) is 6.29. The Balaban J connectivity index is 1.74. The molecule has 0 spiro atoms. The second kappa shape index (κ2) is 8.88. The van der Waals surface area contributed by atoms with Crippen molar-refractivity contribution in [1.29, 1.82) is 5.26 Å². The van der Waals surface area contributed by atoms with Crippen molar-refractivity contribution >= 4 is 17.7 Å². The van der Waals surface area contributed by atoms with Crippen molar-refractivity contribution in [2.75, 3.05) is 5.75 Å². The number of benzene rings is 2. The van der Waals surface area contributed by atoms with Crippen molar-refractivity contribution in [3.8, 4) is 11.8 Å². The maximum absolute atomic E-state index is 13.9. The lowest BCUT2D eigenvalue weighted by Gasteiger charge is -2.14. The Morgan fingerprint density at radius 2 is 2.00 bits per heavy atom. The minimum Gasteiger partial charge on any atom is -0.336 e. The maximum Gasteiger partial charge on any atom is 0.231 e. The molecule has 148 valence electrons. The topological polar surface area (TPSA) is 83.6 Å². The van der Waals surface area contributed by atoms with Gasteiger partial charge in [-0.2, -0.15) is 5.26 Å². The fourth-order valence-electron chi connectivity index (χ4n) is 2.90. The molecule has 1 unspecified atom stereocenters. The van der Waals surface area contributed by atoms with Gasteiger partial charge >= 0.3 is 0 Å². The zero-order valence-corrected chi connectivity index (χ0v) is 17.1. The van der Waals surface area contributed by atoms with E-state index in [2.05, 4.69) is 15.5 Å². The van der Waals surface area contributed by atoms with Gasteiger partial charge in [-0.05, 0) is 44.0 Å². The van der Waals surface area contributed by atoms with Crippen LogP contribution in [0.3, 0.4) is 0 Å². The van der Waals surface area contributed by atoms with Crippen LogP contribution in [0.5, 0.6) is 0 Å². The summed E-state index contributed by atoms with van der Waals surface area (Å²) >= 11 is 1.21. The van der Waals surface area contributed by atoms with Crippen molar-refractivity contribution in [1.82, 2.24) is 20.1 Å². The number of nitrogens with zero attached hydrogens (tertiary/aromatic N) is 4. The van der Waals surface area contributed by atoms with E-state index in [1.807, 2.05) is 49.6 Å². The number of hydrogen-bond donors (Lipinski definition) is 1. The van der Waals surface area contributed by atoms with E-state index in [1.165, 1.54) is 30.0 Å². The van der Waals surface area contributed by atoms with Crippen LogP contribution in [-0.2, 0) is 4.79 Å². The Morgan fingerprint density at radius 3 is 2.72 bits per heavy atom. The third-order valence-corrected chi connectivity index (χ3v) is 5.31. The van der Waals surface area contributed by atoms with Gasteiger partial charge in [-0.1, -0.05) is 42.1 Å². The van der Waals surface area contributed by atoms with Gasteiger partial charge in [0.1, 0.15) is 17.7 Å². The number of aryl methyl sites for hydroxylation is 3. The van der Waals surface area contributed by atoms with Crippen LogP contribution in [0.1, 0.15) is 28.6 Å². The predicted molar refractivity (Wildman–Crippen MR) is 109 cm³/mol. The van der Waals surface area contributed by atoms with Gasteiger partial charge in [0.25, 0.3) is 0 Å². The van der Waals surface area contributed by atoms with Gasteiger partial charge in [0.2, 0.25) is 5.91 Å². The number of hydrogen-bond acceptors (Lipinski definition) is 5. The summed E-state index contributed by atoms with van der Waals surface area (Å²) in [5.74, 6) is -0.187. The first kappa shape index (κ1) is 20.6. The smallest absolute Gasteiger partial charge is 0.231 e. The van der Waals surface area contributed by atoms with Crippen molar-refractivity contribution in [2.45, 2.75) is 32.0 Å². The highest BCUT2D eigenvalue weighted by molar-refractivity contribution is 7.99. The monoisotopic (exact) mass is 409 g/mol. The summed E-state index contributed by atoms with van der Waals surface area (Å²) < 4.78 is 15.8. The third-order valence-electron chi connectivity index (χ3n) is 4.38. The van der Waals surface area contributed by atoms with Crippen molar-refractivity contribution in [2.24, 2.45) is 0 Å². The standard InChI is InChI=1S/C21H20FN5OS/c1-13-8-9-14(2)19(10-13)27-15(3)25-26-21(27)29-12-20(28)24-18(11-23)16-6-4-5-7-17(16)22/h4-10,18H,12H2,1-3H3,(H,24,28). The molecule has 0 aliphatic rings. The number of nitrogens with one attached hydrogen (secondary N) is 1. The quantitative estimate of drug-likeness (QED) is 0.626. The highest BCUT2D eigenvalue weighted by Crippen LogP contribution is 2.25. The Labute approximate surface area is 172 Å². The molecule has 3 aromatic rings. The van der Waals surface area contributed by atoms with Crippen LogP contribution in [0.4, 0.5) is 4.39 Å². The van der Waals surface area contributed by atoms with E-state index in [1.54, 1.807) is 6.07 Å². The van der Waals surface area contributed by atoms with Gasteiger partial charge in [0.05, 0.1) is 17.5 Å². The second-order valence-corrected chi connectivity index (χ2v) is 7.54. The van der Waals surface area contributed by atoms with E-state index in [4.69, 9.17) is 0 Å². The van der Waals surface area contributed by atoms with E-state index in [0.717, 1.165) is 16.8 Å². The number of aromatic nitrogens is 3. The highest BCUT2D eigenvalue weighted by atomic mass is 32.2. The summed E-state index contributed by atoms with van der Waals surface area (Å²) in [5, 5.41) is 20.8. The number of halogens is 1. The van der Waals surface area contributed by atoms with E-state index in [-0.39, 0.29) is 11.3 Å². The SMILES string of the molecule is Cc1ccc(C)c(-n2c(C)nnc2SCC(=O)NC(C#N)c2ccccc2F)c1.